The van der Waals surface area contributed by atoms with Crippen LogP contribution in [0.15, 0.2) is 0 Å². The third-order valence-electron chi connectivity index (χ3n) is 2.43. The van der Waals surface area contributed by atoms with Gasteiger partial charge in [0.15, 0.2) is 5.82 Å². The summed E-state index contributed by atoms with van der Waals surface area (Å²) in [6.45, 7) is 8.37. The maximum Gasteiger partial charge on any atom is 0.167 e. The van der Waals surface area contributed by atoms with Crippen molar-refractivity contribution in [1.29, 1.82) is 0 Å². The lowest BCUT2D eigenvalue weighted by molar-refractivity contribution is 0.318. The van der Waals surface area contributed by atoms with E-state index in [9.17, 15) is 0 Å². The molecular formula is C9H19N5. The second-order valence-corrected chi connectivity index (χ2v) is 3.99. The highest BCUT2D eigenvalue weighted by Crippen LogP contribution is 2.22. The van der Waals surface area contributed by atoms with Gasteiger partial charge in [0.1, 0.15) is 0 Å². The van der Waals surface area contributed by atoms with Crippen LogP contribution in [0.1, 0.15) is 52.0 Å². The Morgan fingerprint density at radius 1 is 1.36 bits per heavy atom. The average molecular weight is 197 g/mol. The number of hydrogen-bond acceptors (Lipinski definition) is 4. The Morgan fingerprint density at radius 3 is 2.43 bits per heavy atom. The van der Waals surface area contributed by atoms with Crippen LogP contribution < -0.4 is 5.73 Å². The Hall–Kier alpha value is -0.970. The van der Waals surface area contributed by atoms with E-state index in [2.05, 4.69) is 36.3 Å². The number of hydrogen-bond donors (Lipinski definition) is 1. The molecule has 2 unspecified atom stereocenters. The maximum absolute atomic E-state index is 5.79. The van der Waals surface area contributed by atoms with Crippen molar-refractivity contribution >= 4 is 0 Å². The van der Waals surface area contributed by atoms with Gasteiger partial charge in [0, 0.05) is 0 Å². The lowest BCUT2D eigenvalue weighted by Crippen LogP contribution is -2.22. The number of nitrogens with two attached hydrogens (primary N) is 1. The molecule has 0 fully saturated rings. The van der Waals surface area contributed by atoms with Gasteiger partial charge in [0.2, 0.25) is 0 Å². The van der Waals surface area contributed by atoms with E-state index in [1.54, 1.807) is 0 Å². The van der Waals surface area contributed by atoms with Crippen LogP contribution in [-0.4, -0.2) is 20.2 Å². The van der Waals surface area contributed by atoms with Crippen molar-refractivity contribution in [2.24, 2.45) is 11.7 Å². The highest BCUT2D eigenvalue weighted by atomic mass is 15.6. The Balaban J connectivity index is 2.97. The van der Waals surface area contributed by atoms with Crippen LogP contribution in [-0.2, 0) is 0 Å². The fraction of sp³-hybridized carbons (Fsp3) is 0.889. The number of aromatic nitrogens is 4. The molecule has 0 aliphatic rings. The maximum atomic E-state index is 5.79. The SMILES string of the molecule is CCC(C(C)C)n1nnnc1C(C)N. The predicted molar refractivity (Wildman–Crippen MR) is 54.6 cm³/mol. The molecule has 0 spiro atoms. The molecule has 0 saturated heterocycles. The van der Waals surface area contributed by atoms with Gasteiger partial charge in [-0.25, -0.2) is 4.68 Å². The van der Waals surface area contributed by atoms with Crippen LogP contribution in [0.4, 0.5) is 0 Å². The van der Waals surface area contributed by atoms with Gasteiger partial charge in [0.25, 0.3) is 0 Å². The van der Waals surface area contributed by atoms with E-state index in [0.717, 1.165) is 12.2 Å². The number of tetrazole rings is 1. The van der Waals surface area contributed by atoms with E-state index >= 15 is 0 Å². The fourth-order valence-electron chi connectivity index (χ4n) is 1.66. The van der Waals surface area contributed by atoms with Gasteiger partial charge in [-0.2, -0.15) is 0 Å². The molecule has 0 amide bonds. The molecule has 0 aliphatic carbocycles. The van der Waals surface area contributed by atoms with E-state index < -0.39 is 0 Å². The van der Waals surface area contributed by atoms with Crippen molar-refractivity contribution in [1.82, 2.24) is 20.2 Å². The monoisotopic (exact) mass is 197 g/mol. The zero-order valence-electron chi connectivity index (χ0n) is 9.31. The third kappa shape index (κ3) is 2.09. The summed E-state index contributed by atoms with van der Waals surface area (Å²) in [6, 6.07) is 0.226. The van der Waals surface area contributed by atoms with Crippen molar-refractivity contribution in [3.8, 4) is 0 Å². The van der Waals surface area contributed by atoms with Crippen LogP contribution in [0, 0.1) is 5.92 Å². The largest absolute Gasteiger partial charge is 0.322 e. The van der Waals surface area contributed by atoms with Crippen LogP contribution >= 0.6 is 0 Å². The minimum absolute atomic E-state index is 0.113. The van der Waals surface area contributed by atoms with Crippen LogP contribution in [0.25, 0.3) is 0 Å². The minimum Gasteiger partial charge on any atom is -0.322 e. The molecule has 1 aromatic rings. The normalized spacial score (nSPS) is 15.9. The molecule has 14 heavy (non-hydrogen) atoms. The van der Waals surface area contributed by atoms with Gasteiger partial charge in [-0.3, -0.25) is 0 Å². The Kier molecular flexibility index (Phi) is 3.57. The standard InChI is InChI=1S/C9H19N5/c1-5-8(6(2)3)14-9(7(4)10)11-12-13-14/h6-8H,5,10H2,1-4H3. The van der Waals surface area contributed by atoms with E-state index in [1.807, 2.05) is 11.6 Å². The van der Waals surface area contributed by atoms with Gasteiger partial charge in [0.05, 0.1) is 12.1 Å². The summed E-state index contributed by atoms with van der Waals surface area (Å²) in [7, 11) is 0. The first kappa shape index (κ1) is 11.1. The van der Waals surface area contributed by atoms with Crippen molar-refractivity contribution in [3.63, 3.8) is 0 Å². The van der Waals surface area contributed by atoms with E-state index in [4.69, 9.17) is 5.73 Å². The first-order valence-corrected chi connectivity index (χ1v) is 5.11. The highest BCUT2D eigenvalue weighted by molar-refractivity contribution is 4.90. The smallest absolute Gasteiger partial charge is 0.167 e. The minimum atomic E-state index is -0.113. The first-order chi connectivity index (χ1) is 6.57. The van der Waals surface area contributed by atoms with Crippen molar-refractivity contribution in [2.45, 2.75) is 46.2 Å². The van der Waals surface area contributed by atoms with Gasteiger partial charge in [-0.05, 0) is 29.7 Å². The number of rotatable bonds is 4. The molecule has 5 nitrogen and oxygen atoms in total. The summed E-state index contributed by atoms with van der Waals surface area (Å²) in [5.74, 6) is 1.28. The predicted octanol–water partition coefficient (Wildman–Crippen LogP) is 1.30. The Labute approximate surface area is 84.7 Å². The molecule has 5 heteroatoms. The summed E-state index contributed by atoms with van der Waals surface area (Å²) >= 11 is 0. The summed E-state index contributed by atoms with van der Waals surface area (Å²) in [5, 5.41) is 11.6. The third-order valence-corrected chi connectivity index (χ3v) is 2.43. The van der Waals surface area contributed by atoms with E-state index in [-0.39, 0.29) is 6.04 Å². The van der Waals surface area contributed by atoms with Gasteiger partial charge >= 0.3 is 0 Å². The molecule has 0 aromatic carbocycles. The fourth-order valence-corrected chi connectivity index (χ4v) is 1.66. The second kappa shape index (κ2) is 4.50. The topological polar surface area (TPSA) is 69.6 Å². The quantitative estimate of drug-likeness (QED) is 0.789. The Morgan fingerprint density at radius 2 is 2.00 bits per heavy atom. The van der Waals surface area contributed by atoms with Crippen LogP contribution in [0.5, 0.6) is 0 Å². The summed E-state index contributed by atoms with van der Waals surface area (Å²) in [4.78, 5) is 0. The lowest BCUT2D eigenvalue weighted by atomic mass is 10.0. The van der Waals surface area contributed by atoms with E-state index in [1.165, 1.54) is 0 Å². The molecule has 80 valence electrons. The molecule has 0 radical (unpaired) electrons. The molecule has 2 atom stereocenters. The highest BCUT2D eigenvalue weighted by Gasteiger charge is 2.20. The molecule has 1 rings (SSSR count). The summed E-state index contributed by atoms with van der Waals surface area (Å²) < 4.78 is 1.86. The molecular weight excluding hydrogens is 178 g/mol. The van der Waals surface area contributed by atoms with Crippen molar-refractivity contribution < 1.29 is 0 Å². The average Bonchev–Trinajstić information content (AvgIpc) is 2.53. The molecule has 0 aliphatic heterocycles. The lowest BCUT2D eigenvalue weighted by Gasteiger charge is -2.20. The number of nitrogens with zero attached hydrogens (tertiary/aromatic N) is 4. The molecule has 0 bridgehead atoms. The zero-order valence-corrected chi connectivity index (χ0v) is 9.31. The van der Waals surface area contributed by atoms with Crippen molar-refractivity contribution in [2.75, 3.05) is 0 Å². The first-order valence-electron chi connectivity index (χ1n) is 5.11. The zero-order chi connectivity index (χ0) is 10.7. The van der Waals surface area contributed by atoms with E-state index in [0.29, 0.717) is 12.0 Å². The van der Waals surface area contributed by atoms with Crippen LogP contribution in [0.2, 0.25) is 0 Å². The molecule has 1 heterocycles. The molecule has 2 N–H and O–H groups in total. The molecule has 0 saturated carbocycles. The Bertz CT molecular complexity index is 278. The summed E-state index contributed by atoms with van der Waals surface area (Å²) in [5.41, 5.74) is 5.79. The molecule has 1 aromatic heterocycles. The summed E-state index contributed by atoms with van der Waals surface area (Å²) in [6.07, 6.45) is 1.02. The second-order valence-electron chi connectivity index (χ2n) is 3.99. The van der Waals surface area contributed by atoms with Gasteiger partial charge in [-0.15, -0.1) is 5.10 Å². The van der Waals surface area contributed by atoms with Crippen LogP contribution in [0.3, 0.4) is 0 Å². The van der Waals surface area contributed by atoms with Gasteiger partial charge < -0.3 is 5.73 Å². The van der Waals surface area contributed by atoms with Crippen molar-refractivity contribution in [3.05, 3.63) is 5.82 Å². The van der Waals surface area contributed by atoms with Gasteiger partial charge in [-0.1, -0.05) is 20.8 Å².